The number of hydrogen-bond donors (Lipinski definition) is 1. The molecule has 108 valence electrons. The third kappa shape index (κ3) is 5.76. The van der Waals surface area contributed by atoms with E-state index in [1.807, 2.05) is 0 Å². The number of carbonyl (C=O) groups is 1. The molecular formula is C14H22ClNO3. The van der Waals surface area contributed by atoms with Gasteiger partial charge in [-0.05, 0) is 56.8 Å². The van der Waals surface area contributed by atoms with Gasteiger partial charge in [-0.15, -0.1) is 12.4 Å². The Balaban J connectivity index is 0.00000180. The molecule has 1 aliphatic rings. The number of piperidine rings is 1. The first-order chi connectivity index (χ1) is 8.86. The second kappa shape index (κ2) is 9.13. The fourth-order valence-corrected chi connectivity index (χ4v) is 2.32. The number of Topliss-reactive ketones (excluding diaryl/α,β-unsaturated/α-hetero) is 1. The molecule has 0 atom stereocenters. The van der Waals surface area contributed by atoms with E-state index in [0.717, 1.165) is 25.4 Å². The van der Waals surface area contributed by atoms with Crippen LogP contribution in [-0.2, 0) is 4.74 Å². The number of ether oxygens (including phenoxy) is 1. The van der Waals surface area contributed by atoms with Gasteiger partial charge in [0.1, 0.15) is 6.61 Å². The summed E-state index contributed by atoms with van der Waals surface area (Å²) in [6.07, 6.45) is 6.29. The Bertz CT molecular complexity index is 348. The highest BCUT2D eigenvalue weighted by Crippen LogP contribution is 2.17. The molecule has 5 heteroatoms. The van der Waals surface area contributed by atoms with E-state index in [4.69, 9.17) is 9.15 Å². The lowest BCUT2D eigenvalue weighted by atomic mass is 9.93. The van der Waals surface area contributed by atoms with Gasteiger partial charge >= 0.3 is 0 Å². The van der Waals surface area contributed by atoms with Crippen LogP contribution < -0.4 is 5.32 Å². The average molecular weight is 288 g/mol. The molecule has 0 bridgehead atoms. The third-order valence-electron chi connectivity index (χ3n) is 3.39. The Labute approximate surface area is 120 Å². The molecule has 0 amide bonds. The van der Waals surface area contributed by atoms with E-state index in [0.29, 0.717) is 12.4 Å². The summed E-state index contributed by atoms with van der Waals surface area (Å²) in [6.45, 7) is 3.07. The van der Waals surface area contributed by atoms with Gasteiger partial charge in [-0.3, -0.25) is 4.79 Å². The van der Waals surface area contributed by atoms with E-state index in [2.05, 4.69) is 5.32 Å². The van der Waals surface area contributed by atoms with Gasteiger partial charge in [0.25, 0.3) is 0 Å². The van der Waals surface area contributed by atoms with Gasteiger partial charge in [0.15, 0.2) is 5.76 Å². The van der Waals surface area contributed by atoms with Crippen molar-refractivity contribution in [3.63, 3.8) is 0 Å². The van der Waals surface area contributed by atoms with Crippen LogP contribution in [0.1, 0.15) is 36.2 Å². The van der Waals surface area contributed by atoms with Crippen LogP contribution in [0.25, 0.3) is 0 Å². The number of halogens is 1. The number of carbonyl (C=O) groups excluding carboxylic acids is 1. The Morgan fingerprint density at radius 2 is 2.21 bits per heavy atom. The molecule has 1 N–H and O–H groups in total. The van der Waals surface area contributed by atoms with E-state index in [9.17, 15) is 4.79 Å². The Hall–Kier alpha value is -0.840. The van der Waals surface area contributed by atoms with Crippen LogP contribution in [0.2, 0.25) is 0 Å². The largest absolute Gasteiger partial charge is 0.461 e. The summed E-state index contributed by atoms with van der Waals surface area (Å²) in [7, 11) is 0. The van der Waals surface area contributed by atoms with Crippen LogP contribution in [0, 0.1) is 5.92 Å². The second-order valence-electron chi connectivity index (χ2n) is 4.79. The summed E-state index contributed by atoms with van der Waals surface area (Å²) in [5.41, 5.74) is 0. The monoisotopic (exact) mass is 287 g/mol. The fourth-order valence-electron chi connectivity index (χ4n) is 2.32. The number of rotatable bonds is 7. The minimum Gasteiger partial charge on any atom is -0.461 e. The minimum absolute atomic E-state index is 0. The maximum absolute atomic E-state index is 11.5. The lowest BCUT2D eigenvalue weighted by Gasteiger charge is -2.22. The van der Waals surface area contributed by atoms with Crippen molar-refractivity contribution in [3.8, 4) is 0 Å². The van der Waals surface area contributed by atoms with Crippen molar-refractivity contribution in [2.24, 2.45) is 5.92 Å². The highest BCUT2D eigenvalue weighted by atomic mass is 35.5. The van der Waals surface area contributed by atoms with Crippen molar-refractivity contribution in [2.45, 2.75) is 25.7 Å². The number of ketones is 1. The molecule has 0 spiro atoms. The van der Waals surface area contributed by atoms with Gasteiger partial charge in [0, 0.05) is 6.61 Å². The highest BCUT2D eigenvalue weighted by molar-refractivity contribution is 5.94. The van der Waals surface area contributed by atoms with Crippen LogP contribution in [0.5, 0.6) is 0 Å². The summed E-state index contributed by atoms with van der Waals surface area (Å²) >= 11 is 0. The van der Waals surface area contributed by atoms with Gasteiger partial charge in [-0.25, -0.2) is 0 Å². The molecule has 2 rings (SSSR count). The van der Waals surface area contributed by atoms with Gasteiger partial charge in [0.05, 0.1) is 6.26 Å². The molecule has 0 aliphatic carbocycles. The first kappa shape index (κ1) is 16.2. The standard InChI is InChI=1S/C14H21NO3.ClH/c16-13(14-4-2-10-18-14)11-17-9-1-3-12-5-7-15-8-6-12;/h2,4,10,12,15H,1,3,5-9,11H2;1H. The quantitative estimate of drug-likeness (QED) is 0.619. The summed E-state index contributed by atoms with van der Waals surface area (Å²) in [5, 5.41) is 3.36. The summed E-state index contributed by atoms with van der Waals surface area (Å²) in [5.74, 6) is 1.13. The predicted octanol–water partition coefficient (Wildman–Crippen LogP) is 2.68. The first-order valence-electron chi connectivity index (χ1n) is 6.71. The number of furan rings is 1. The Morgan fingerprint density at radius 3 is 2.89 bits per heavy atom. The molecule has 1 aliphatic heterocycles. The SMILES string of the molecule is Cl.O=C(COCCCC1CCNCC1)c1ccco1. The van der Waals surface area contributed by atoms with Crippen LogP contribution >= 0.6 is 12.4 Å². The molecule has 1 saturated heterocycles. The van der Waals surface area contributed by atoms with E-state index < -0.39 is 0 Å². The van der Waals surface area contributed by atoms with Crippen LogP contribution in [0.3, 0.4) is 0 Å². The van der Waals surface area contributed by atoms with Crippen molar-refractivity contribution >= 4 is 18.2 Å². The molecule has 1 aromatic heterocycles. The average Bonchev–Trinajstić information content (AvgIpc) is 2.93. The Kier molecular flexibility index (Phi) is 7.79. The van der Waals surface area contributed by atoms with E-state index in [1.54, 1.807) is 12.1 Å². The van der Waals surface area contributed by atoms with Gasteiger partial charge < -0.3 is 14.5 Å². The number of nitrogens with one attached hydrogen (secondary N) is 1. The van der Waals surface area contributed by atoms with Gasteiger partial charge in [0.2, 0.25) is 5.78 Å². The maximum Gasteiger partial charge on any atom is 0.223 e. The third-order valence-corrected chi connectivity index (χ3v) is 3.39. The number of hydrogen-bond acceptors (Lipinski definition) is 4. The summed E-state index contributed by atoms with van der Waals surface area (Å²) in [6, 6.07) is 3.38. The van der Waals surface area contributed by atoms with Crippen molar-refractivity contribution in [3.05, 3.63) is 24.2 Å². The smallest absolute Gasteiger partial charge is 0.223 e. The normalized spacial score (nSPS) is 16.0. The minimum atomic E-state index is -0.0816. The molecule has 19 heavy (non-hydrogen) atoms. The zero-order valence-electron chi connectivity index (χ0n) is 11.1. The maximum atomic E-state index is 11.5. The molecule has 4 nitrogen and oxygen atoms in total. The molecule has 0 saturated carbocycles. The van der Waals surface area contributed by atoms with E-state index in [1.165, 1.54) is 25.5 Å². The Morgan fingerprint density at radius 1 is 1.42 bits per heavy atom. The first-order valence-corrected chi connectivity index (χ1v) is 6.71. The van der Waals surface area contributed by atoms with Gasteiger partial charge in [-0.1, -0.05) is 0 Å². The molecule has 1 fully saturated rings. The zero-order valence-corrected chi connectivity index (χ0v) is 11.9. The summed E-state index contributed by atoms with van der Waals surface area (Å²) < 4.78 is 10.4. The van der Waals surface area contributed by atoms with Crippen LogP contribution in [0.4, 0.5) is 0 Å². The topological polar surface area (TPSA) is 51.5 Å². The van der Waals surface area contributed by atoms with Gasteiger partial charge in [-0.2, -0.15) is 0 Å². The molecular weight excluding hydrogens is 266 g/mol. The second-order valence-corrected chi connectivity index (χ2v) is 4.79. The lowest BCUT2D eigenvalue weighted by molar-refractivity contribution is 0.0718. The van der Waals surface area contributed by atoms with E-state index in [-0.39, 0.29) is 24.8 Å². The van der Waals surface area contributed by atoms with Crippen LogP contribution in [-0.4, -0.2) is 32.1 Å². The highest BCUT2D eigenvalue weighted by Gasteiger charge is 2.12. The molecule has 1 aromatic rings. The summed E-state index contributed by atoms with van der Waals surface area (Å²) in [4.78, 5) is 11.5. The zero-order chi connectivity index (χ0) is 12.6. The molecule has 0 aromatic carbocycles. The van der Waals surface area contributed by atoms with Crippen molar-refractivity contribution in [2.75, 3.05) is 26.3 Å². The molecule has 0 radical (unpaired) electrons. The fraction of sp³-hybridized carbons (Fsp3) is 0.643. The predicted molar refractivity (Wildman–Crippen MR) is 75.9 cm³/mol. The molecule has 0 unspecified atom stereocenters. The van der Waals surface area contributed by atoms with E-state index >= 15 is 0 Å². The van der Waals surface area contributed by atoms with Crippen LogP contribution in [0.15, 0.2) is 22.8 Å². The van der Waals surface area contributed by atoms with Crippen molar-refractivity contribution in [1.29, 1.82) is 0 Å². The molecule has 2 heterocycles. The van der Waals surface area contributed by atoms with Crippen molar-refractivity contribution in [1.82, 2.24) is 5.32 Å². The van der Waals surface area contributed by atoms with Crippen molar-refractivity contribution < 1.29 is 13.9 Å². The lowest BCUT2D eigenvalue weighted by Crippen LogP contribution is -2.27.